The van der Waals surface area contributed by atoms with Gasteiger partial charge in [0.15, 0.2) is 15.4 Å². The fourth-order valence-corrected chi connectivity index (χ4v) is 6.40. The number of halogens is 2. The molecule has 2 fully saturated rings. The van der Waals surface area contributed by atoms with Gasteiger partial charge in [0.2, 0.25) is 5.91 Å². The van der Waals surface area contributed by atoms with Crippen molar-refractivity contribution >= 4 is 27.7 Å². The van der Waals surface area contributed by atoms with Crippen LogP contribution in [-0.2, 0) is 25.0 Å². The molecule has 2 aromatic carbocycles. The molecule has 0 aromatic heterocycles. The molecule has 0 aliphatic carbocycles. The molecule has 0 saturated carbocycles. The second-order valence-electron chi connectivity index (χ2n) is 8.54. The van der Waals surface area contributed by atoms with E-state index in [2.05, 4.69) is 10.6 Å². The van der Waals surface area contributed by atoms with Crippen LogP contribution in [0.5, 0.6) is 0 Å². The molecule has 0 radical (unpaired) electrons. The van der Waals surface area contributed by atoms with Crippen molar-refractivity contribution in [2.45, 2.75) is 24.4 Å². The van der Waals surface area contributed by atoms with Crippen LogP contribution in [0.1, 0.15) is 24.5 Å². The lowest BCUT2D eigenvalue weighted by atomic mass is 9.82. The number of rotatable bonds is 5. The molecule has 2 aromatic rings. The number of carbonyl (C=O) groups is 3. The van der Waals surface area contributed by atoms with Gasteiger partial charge in [0, 0.05) is 0 Å². The first-order chi connectivity index (χ1) is 15.4. The molecule has 1 atom stereocenters. The standard InChI is InChI=1S/C22H21F2N3O5S/c1-21(10-11-33(31,32)13-21)25-18(28)12-27-19(29)22(26-20(27)30,14-2-6-16(23)7-3-14)15-4-8-17(24)9-5-15/h2-9H,10-13H2,1H3,(H,25,28)(H,26,30)/t21-/m0/s1. The fraction of sp³-hybridized carbons (Fsp3) is 0.318. The number of nitrogens with one attached hydrogen (secondary N) is 2. The summed E-state index contributed by atoms with van der Waals surface area (Å²) >= 11 is 0. The SMILES string of the molecule is C[C@]1(NC(=O)CN2C(=O)NC(c3ccc(F)cc3)(c3ccc(F)cc3)C2=O)CCS(=O)(=O)C1. The molecule has 2 heterocycles. The number of nitrogens with zero attached hydrogens (tertiary/aromatic N) is 1. The normalized spacial score (nSPS) is 23.4. The van der Waals surface area contributed by atoms with E-state index in [1.165, 1.54) is 24.3 Å². The Balaban J connectivity index is 1.65. The van der Waals surface area contributed by atoms with E-state index in [1.54, 1.807) is 6.92 Å². The van der Waals surface area contributed by atoms with Crippen LogP contribution in [0.15, 0.2) is 48.5 Å². The Morgan fingerprint density at radius 2 is 1.55 bits per heavy atom. The predicted molar refractivity (Wildman–Crippen MR) is 114 cm³/mol. The average Bonchev–Trinajstić information content (AvgIpc) is 3.16. The second kappa shape index (κ2) is 7.91. The largest absolute Gasteiger partial charge is 0.348 e. The van der Waals surface area contributed by atoms with Gasteiger partial charge in [-0.05, 0) is 48.7 Å². The molecule has 2 aliphatic rings. The number of sulfone groups is 1. The summed E-state index contributed by atoms with van der Waals surface area (Å²) in [6.45, 7) is 0.938. The lowest BCUT2D eigenvalue weighted by Crippen LogP contribution is -2.51. The van der Waals surface area contributed by atoms with Crippen molar-refractivity contribution in [3.63, 3.8) is 0 Å². The van der Waals surface area contributed by atoms with Gasteiger partial charge in [-0.3, -0.25) is 14.5 Å². The van der Waals surface area contributed by atoms with Gasteiger partial charge in [0.05, 0.1) is 17.0 Å². The Morgan fingerprint density at radius 1 is 1.03 bits per heavy atom. The van der Waals surface area contributed by atoms with Crippen molar-refractivity contribution in [2.75, 3.05) is 18.1 Å². The van der Waals surface area contributed by atoms with Crippen LogP contribution in [0.3, 0.4) is 0 Å². The zero-order valence-corrected chi connectivity index (χ0v) is 18.4. The monoisotopic (exact) mass is 477 g/mol. The Kier molecular flexibility index (Phi) is 5.47. The molecular weight excluding hydrogens is 456 g/mol. The Hall–Kier alpha value is -3.34. The minimum Gasteiger partial charge on any atom is -0.348 e. The third-order valence-corrected chi connectivity index (χ3v) is 7.81. The predicted octanol–water partition coefficient (Wildman–Crippen LogP) is 1.45. The molecule has 174 valence electrons. The highest BCUT2D eigenvalue weighted by molar-refractivity contribution is 7.91. The summed E-state index contributed by atoms with van der Waals surface area (Å²) in [5.74, 6) is -2.91. The van der Waals surface area contributed by atoms with Gasteiger partial charge in [-0.2, -0.15) is 0 Å². The van der Waals surface area contributed by atoms with E-state index in [1.807, 2.05) is 0 Å². The topological polar surface area (TPSA) is 113 Å². The lowest BCUT2D eigenvalue weighted by Gasteiger charge is -2.28. The van der Waals surface area contributed by atoms with E-state index >= 15 is 0 Å². The Morgan fingerprint density at radius 3 is 2.00 bits per heavy atom. The van der Waals surface area contributed by atoms with Crippen LogP contribution >= 0.6 is 0 Å². The maximum absolute atomic E-state index is 13.5. The zero-order valence-electron chi connectivity index (χ0n) is 17.6. The van der Waals surface area contributed by atoms with Gasteiger partial charge in [-0.25, -0.2) is 22.0 Å². The van der Waals surface area contributed by atoms with E-state index in [-0.39, 0.29) is 29.1 Å². The smallest absolute Gasteiger partial charge is 0.326 e. The van der Waals surface area contributed by atoms with Gasteiger partial charge in [0.1, 0.15) is 18.2 Å². The van der Waals surface area contributed by atoms with Crippen molar-refractivity contribution in [1.82, 2.24) is 15.5 Å². The van der Waals surface area contributed by atoms with Crippen LogP contribution in [0, 0.1) is 11.6 Å². The molecule has 2 saturated heterocycles. The summed E-state index contributed by atoms with van der Waals surface area (Å²) in [4.78, 5) is 39.7. The molecule has 4 rings (SSSR count). The van der Waals surface area contributed by atoms with Crippen LogP contribution in [0.2, 0.25) is 0 Å². The fourth-order valence-electron chi connectivity index (χ4n) is 4.31. The van der Waals surface area contributed by atoms with Gasteiger partial charge in [-0.1, -0.05) is 24.3 Å². The summed E-state index contributed by atoms with van der Waals surface area (Å²) in [6, 6.07) is 8.92. The summed E-state index contributed by atoms with van der Waals surface area (Å²) in [5, 5.41) is 5.19. The minimum absolute atomic E-state index is 0.0643. The number of hydrogen-bond donors (Lipinski definition) is 2. The molecule has 8 nitrogen and oxygen atoms in total. The molecule has 2 N–H and O–H groups in total. The molecule has 2 aliphatic heterocycles. The highest BCUT2D eigenvalue weighted by Gasteiger charge is 2.54. The number of hydrogen-bond acceptors (Lipinski definition) is 5. The number of amides is 4. The number of urea groups is 1. The van der Waals surface area contributed by atoms with Crippen molar-refractivity contribution in [2.24, 2.45) is 0 Å². The number of carbonyl (C=O) groups excluding carboxylic acids is 3. The average molecular weight is 477 g/mol. The van der Waals surface area contributed by atoms with Crippen LogP contribution in [0.25, 0.3) is 0 Å². The van der Waals surface area contributed by atoms with E-state index in [0.29, 0.717) is 4.90 Å². The molecule has 33 heavy (non-hydrogen) atoms. The van der Waals surface area contributed by atoms with Crippen molar-refractivity contribution < 1.29 is 31.6 Å². The quantitative estimate of drug-likeness (QED) is 0.633. The number of benzene rings is 2. The molecule has 0 bridgehead atoms. The summed E-state index contributed by atoms with van der Waals surface area (Å²) in [6.07, 6.45) is 0.219. The summed E-state index contributed by atoms with van der Waals surface area (Å²) in [7, 11) is -3.28. The van der Waals surface area contributed by atoms with Gasteiger partial charge >= 0.3 is 6.03 Å². The van der Waals surface area contributed by atoms with Crippen LogP contribution in [-0.4, -0.2) is 54.8 Å². The van der Waals surface area contributed by atoms with E-state index in [0.717, 1.165) is 24.3 Å². The Labute approximate surface area is 188 Å². The first kappa shape index (κ1) is 22.8. The summed E-state index contributed by atoms with van der Waals surface area (Å²) < 4.78 is 50.6. The van der Waals surface area contributed by atoms with Crippen molar-refractivity contribution in [1.29, 1.82) is 0 Å². The summed E-state index contributed by atoms with van der Waals surface area (Å²) in [5.41, 5.74) is -2.34. The van der Waals surface area contributed by atoms with E-state index in [4.69, 9.17) is 0 Å². The van der Waals surface area contributed by atoms with Gasteiger partial charge < -0.3 is 10.6 Å². The first-order valence-corrected chi connectivity index (χ1v) is 11.9. The van der Waals surface area contributed by atoms with E-state index in [9.17, 15) is 31.6 Å². The minimum atomic E-state index is -3.28. The maximum Gasteiger partial charge on any atom is 0.326 e. The van der Waals surface area contributed by atoms with E-state index < -0.39 is 56.9 Å². The molecule has 0 unspecified atom stereocenters. The van der Waals surface area contributed by atoms with Crippen LogP contribution < -0.4 is 10.6 Å². The highest BCUT2D eigenvalue weighted by Crippen LogP contribution is 2.36. The van der Waals surface area contributed by atoms with Gasteiger partial charge in [-0.15, -0.1) is 0 Å². The zero-order chi connectivity index (χ0) is 24.0. The Bertz CT molecular complexity index is 1190. The maximum atomic E-state index is 13.5. The third kappa shape index (κ3) is 4.20. The molecule has 11 heteroatoms. The molecule has 4 amide bonds. The molecule has 0 spiro atoms. The molecular formula is C22H21F2N3O5S. The van der Waals surface area contributed by atoms with Crippen molar-refractivity contribution in [3.8, 4) is 0 Å². The van der Waals surface area contributed by atoms with Gasteiger partial charge in [0.25, 0.3) is 5.91 Å². The highest BCUT2D eigenvalue weighted by atomic mass is 32.2. The number of imide groups is 1. The first-order valence-electron chi connectivity index (χ1n) is 10.1. The lowest BCUT2D eigenvalue weighted by molar-refractivity contribution is -0.134. The van der Waals surface area contributed by atoms with Crippen molar-refractivity contribution in [3.05, 3.63) is 71.3 Å². The third-order valence-electron chi connectivity index (χ3n) is 5.91. The van der Waals surface area contributed by atoms with Crippen LogP contribution in [0.4, 0.5) is 13.6 Å². The second-order valence-corrected chi connectivity index (χ2v) is 10.7.